The molecule has 0 aliphatic rings. The molecule has 3 heterocycles. The quantitative estimate of drug-likeness (QED) is 0.546. The topological polar surface area (TPSA) is 58.5 Å². The third-order valence-electron chi connectivity index (χ3n) is 3.54. The summed E-state index contributed by atoms with van der Waals surface area (Å²) in [4.78, 5) is 12.4. The van der Waals surface area contributed by atoms with Gasteiger partial charge >= 0.3 is 0 Å². The Kier molecular flexibility index (Phi) is 1.90. The first-order valence-corrected chi connectivity index (χ1v) is 6.19. The van der Waals surface area contributed by atoms with Gasteiger partial charge in [0.15, 0.2) is 5.82 Å². The minimum absolute atomic E-state index is 0.801. The molecular weight excluding hydrogens is 238 g/mol. The minimum Gasteiger partial charge on any atom is -0.371 e. The van der Waals surface area contributed by atoms with E-state index in [2.05, 4.69) is 32.4 Å². The number of para-hydroxylation sites is 1. The van der Waals surface area contributed by atoms with Gasteiger partial charge in [0, 0.05) is 25.0 Å². The summed E-state index contributed by atoms with van der Waals surface area (Å²) >= 11 is 0. The van der Waals surface area contributed by atoms with Crippen molar-refractivity contribution in [2.45, 2.75) is 0 Å². The van der Waals surface area contributed by atoms with Crippen LogP contribution in [-0.4, -0.2) is 26.6 Å². The normalized spacial score (nSPS) is 11.7. The Morgan fingerprint density at radius 2 is 2.11 bits per heavy atom. The summed E-state index contributed by atoms with van der Waals surface area (Å²) in [5.74, 6) is 0.801. The molecule has 0 fully saturated rings. The van der Waals surface area contributed by atoms with Gasteiger partial charge in [0.2, 0.25) is 0 Å². The summed E-state index contributed by atoms with van der Waals surface area (Å²) in [6.45, 7) is 0. The van der Waals surface area contributed by atoms with E-state index in [9.17, 15) is 0 Å². The number of H-pyrrole nitrogens is 1. The van der Waals surface area contributed by atoms with Crippen LogP contribution in [0.4, 0.5) is 5.82 Å². The SMILES string of the molecule is CNc1nc2[nH]c3ccccc3c2c2c1ncn2C. The molecule has 0 spiro atoms. The Labute approximate surface area is 109 Å². The van der Waals surface area contributed by atoms with Crippen LogP contribution in [0.3, 0.4) is 0 Å². The first kappa shape index (κ1) is 10.4. The van der Waals surface area contributed by atoms with Gasteiger partial charge in [-0.25, -0.2) is 9.97 Å². The van der Waals surface area contributed by atoms with Crippen molar-refractivity contribution in [1.82, 2.24) is 19.5 Å². The summed E-state index contributed by atoms with van der Waals surface area (Å²) < 4.78 is 2.04. The predicted molar refractivity (Wildman–Crippen MR) is 77.4 cm³/mol. The molecule has 5 nitrogen and oxygen atoms in total. The zero-order valence-corrected chi connectivity index (χ0v) is 10.7. The van der Waals surface area contributed by atoms with Crippen molar-refractivity contribution in [2.75, 3.05) is 12.4 Å². The van der Waals surface area contributed by atoms with Crippen LogP contribution >= 0.6 is 0 Å². The van der Waals surface area contributed by atoms with Gasteiger partial charge in [-0.1, -0.05) is 18.2 Å². The maximum atomic E-state index is 4.63. The highest BCUT2D eigenvalue weighted by molar-refractivity contribution is 6.19. The van der Waals surface area contributed by atoms with E-state index < -0.39 is 0 Å². The number of aromatic nitrogens is 4. The molecule has 4 rings (SSSR count). The molecule has 0 aliphatic carbocycles. The first-order valence-electron chi connectivity index (χ1n) is 6.19. The standard InChI is InChI=1S/C14H13N5/c1-15-14-11-12(19(2)7-16-11)10-8-5-3-4-6-9(8)17-13(10)18-14/h3-7H,1-2H3,(H2,15,17,18). The zero-order valence-electron chi connectivity index (χ0n) is 10.7. The molecule has 5 heteroatoms. The number of fused-ring (bicyclic) bond motifs is 5. The highest BCUT2D eigenvalue weighted by atomic mass is 15.1. The molecule has 2 N–H and O–H groups in total. The van der Waals surface area contributed by atoms with Crippen LogP contribution in [0.1, 0.15) is 0 Å². The molecule has 0 unspecified atom stereocenters. The number of hydrogen-bond acceptors (Lipinski definition) is 3. The number of aryl methyl sites for hydroxylation is 1. The van der Waals surface area contributed by atoms with Gasteiger partial charge in [-0.2, -0.15) is 0 Å². The Hall–Kier alpha value is -2.56. The molecule has 19 heavy (non-hydrogen) atoms. The largest absolute Gasteiger partial charge is 0.371 e. The number of anilines is 1. The van der Waals surface area contributed by atoms with Crippen molar-refractivity contribution in [3.63, 3.8) is 0 Å². The molecular formula is C14H13N5. The molecule has 0 aliphatic heterocycles. The van der Waals surface area contributed by atoms with Crippen LogP contribution in [0.5, 0.6) is 0 Å². The Balaban J connectivity index is 2.36. The number of imidazole rings is 1. The summed E-state index contributed by atoms with van der Waals surface area (Å²) in [6, 6.07) is 8.25. The number of nitrogens with one attached hydrogen (secondary N) is 2. The van der Waals surface area contributed by atoms with Crippen molar-refractivity contribution < 1.29 is 0 Å². The highest BCUT2D eigenvalue weighted by Crippen LogP contribution is 2.33. The van der Waals surface area contributed by atoms with Crippen LogP contribution < -0.4 is 5.32 Å². The van der Waals surface area contributed by atoms with E-state index in [1.54, 1.807) is 0 Å². The fraction of sp³-hybridized carbons (Fsp3) is 0.143. The lowest BCUT2D eigenvalue weighted by Gasteiger charge is -2.03. The molecule has 0 amide bonds. The summed E-state index contributed by atoms with van der Waals surface area (Å²) in [7, 11) is 3.88. The molecule has 0 saturated heterocycles. The lowest BCUT2D eigenvalue weighted by atomic mass is 10.1. The Morgan fingerprint density at radius 3 is 2.95 bits per heavy atom. The van der Waals surface area contributed by atoms with Crippen molar-refractivity contribution in [3.05, 3.63) is 30.6 Å². The molecule has 0 atom stereocenters. The fourth-order valence-corrected chi connectivity index (χ4v) is 2.69. The summed E-state index contributed by atoms with van der Waals surface area (Å²) in [6.07, 6.45) is 1.83. The van der Waals surface area contributed by atoms with E-state index in [4.69, 9.17) is 0 Å². The van der Waals surface area contributed by atoms with Crippen molar-refractivity contribution in [3.8, 4) is 0 Å². The number of rotatable bonds is 1. The monoisotopic (exact) mass is 251 g/mol. The average molecular weight is 251 g/mol. The second kappa shape index (κ2) is 3.47. The lowest BCUT2D eigenvalue weighted by molar-refractivity contribution is 0.951. The molecule has 3 aromatic heterocycles. The smallest absolute Gasteiger partial charge is 0.156 e. The van der Waals surface area contributed by atoms with Gasteiger partial charge in [-0.15, -0.1) is 0 Å². The predicted octanol–water partition coefficient (Wildman–Crippen LogP) is 2.64. The van der Waals surface area contributed by atoms with Crippen molar-refractivity contribution >= 4 is 38.8 Å². The second-order valence-electron chi connectivity index (χ2n) is 4.66. The van der Waals surface area contributed by atoms with E-state index in [0.29, 0.717) is 0 Å². The molecule has 0 bridgehead atoms. The summed E-state index contributed by atoms with van der Waals surface area (Å²) in [5.41, 5.74) is 4.00. The zero-order chi connectivity index (χ0) is 13.0. The van der Waals surface area contributed by atoms with Crippen LogP contribution in [0, 0.1) is 0 Å². The van der Waals surface area contributed by atoms with Crippen molar-refractivity contribution in [1.29, 1.82) is 0 Å². The van der Waals surface area contributed by atoms with Crippen LogP contribution in [-0.2, 0) is 7.05 Å². The molecule has 4 aromatic rings. The number of benzene rings is 1. The highest BCUT2D eigenvalue weighted by Gasteiger charge is 2.15. The maximum absolute atomic E-state index is 4.63. The van der Waals surface area contributed by atoms with Gasteiger partial charge in [0.25, 0.3) is 0 Å². The van der Waals surface area contributed by atoms with Crippen LogP contribution in [0.15, 0.2) is 30.6 Å². The van der Waals surface area contributed by atoms with Crippen LogP contribution in [0.25, 0.3) is 33.0 Å². The maximum Gasteiger partial charge on any atom is 0.156 e. The summed E-state index contributed by atoms with van der Waals surface area (Å²) in [5, 5.41) is 5.42. The van der Waals surface area contributed by atoms with E-state index in [1.807, 2.05) is 37.1 Å². The van der Waals surface area contributed by atoms with Gasteiger partial charge in [0.05, 0.1) is 17.2 Å². The Morgan fingerprint density at radius 1 is 1.26 bits per heavy atom. The Bertz CT molecular complexity index is 916. The van der Waals surface area contributed by atoms with E-state index in [-0.39, 0.29) is 0 Å². The van der Waals surface area contributed by atoms with Gasteiger partial charge < -0.3 is 14.9 Å². The number of pyridine rings is 1. The third-order valence-corrected chi connectivity index (χ3v) is 3.54. The number of nitrogens with zero attached hydrogens (tertiary/aromatic N) is 3. The molecule has 0 radical (unpaired) electrons. The average Bonchev–Trinajstić information content (AvgIpc) is 2.98. The lowest BCUT2D eigenvalue weighted by Crippen LogP contribution is -1.95. The minimum atomic E-state index is 0.801. The van der Waals surface area contributed by atoms with Gasteiger partial charge in [-0.3, -0.25) is 0 Å². The first-order chi connectivity index (χ1) is 9.29. The van der Waals surface area contributed by atoms with E-state index in [1.165, 1.54) is 5.39 Å². The second-order valence-corrected chi connectivity index (χ2v) is 4.66. The molecule has 94 valence electrons. The van der Waals surface area contributed by atoms with Gasteiger partial charge in [0.1, 0.15) is 11.2 Å². The van der Waals surface area contributed by atoms with Crippen LogP contribution in [0.2, 0.25) is 0 Å². The number of hydrogen-bond donors (Lipinski definition) is 2. The van der Waals surface area contributed by atoms with Crippen molar-refractivity contribution in [2.24, 2.45) is 7.05 Å². The fourth-order valence-electron chi connectivity index (χ4n) is 2.69. The number of aromatic amines is 1. The third kappa shape index (κ3) is 1.24. The molecule has 0 saturated carbocycles. The van der Waals surface area contributed by atoms with Gasteiger partial charge in [-0.05, 0) is 6.07 Å². The van der Waals surface area contributed by atoms with E-state index >= 15 is 0 Å². The van der Waals surface area contributed by atoms with E-state index in [0.717, 1.165) is 33.4 Å². The molecule has 1 aromatic carbocycles.